The molecule has 2 heterocycles. The second-order valence-electron chi connectivity index (χ2n) is 6.63. The normalized spacial score (nSPS) is 23.9. The van der Waals surface area contributed by atoms with E-state index in [1.54, 1.807) is 6.92 Å². The lowest BCUT2D eigenvalue weighted by atomic mass is 9.96. The van der Waals surface area contributed by atoms with Crippen molar-refractivity contribution in [3.05, 3.63) is 22.5 Å². The van der Waals surface area contributed by atoms with Gasteiger partial charge in [-0.05, 0) is 46.1 Å². The molecule has 1 aliphatic rings. The number of nitrogens with one attached hydrogen (secondary N) is 2. The van der Waals surface area contributed by atoms with Crippen LogP contribution >= 0.6 is 0 Å². The molecule has 0 aliphatic carbocycles. The molecule has 0 amide bonds. The van der Waals surface area contributed by atoms with E-state index in [0.717, 1.165) is 24.3 Å². The van der Waals surface area contributed by atoms with Crippen LogP contribution in [0.15, 0.2) is 0 Å². The summed E-state index contributed by atoms with van der Waals surface area (Å²) in [5.74, 6) is 0.836. The van der Waals surface area contributed by atoms with Crippen LogP contribution in [0, 0.1) is 19.8 Å². The Labute approximate surface area is 126 Å². The van der Waals surface area contributed by atoms with Gasteiger partial charge in [-0.3, -0.25) is 9.59 Å². The quantitative estimate of drug-likeness (QED) is 0.830. The summed E-state index contributed by atoms with van der Waals surface area (Å²) in [5, 5.41) is 0. The minimum atomic E-state index is -0.0516. The van der Waals surface area contributed by atoms with Gasteiger partial charge in [0.25, 0.3) is 0 Å². The van der Waals surface area contributed by atoms with Crippen molar-refractivity contribution in [3.63, 3.8) is 0 Å². The Kier molecular flexibility index (Phi) is 4.67. The summed E-state index contributed by atoms with van der Waals surface area (Å²) >= 11 is 0. The van der Waals surface area contributed by atoms with Gasteiger partial charge >= 0.3 is 0 Å². The number of ketones is 2. The SMILES string of the molecule is CC(=O)c1c(C)[nH]c(C(=O)[C@@H](C)[NH+]2CCC[C@H](C)C2)c1C. The van der Waals surface area contributed by atoms with Crippen molar-refractivity contribution in [1.82, 2.24) is 4.98 Å². The van der Waals surface area contributed by atoms with Crippen molar-refractivity contribution in [1.29, 1.82) is 0 Å². The van der Waals surface area contributed by atoms with Gasteiger partial charge in [0.2, 0.25) is 5.78 Å². The first-order valence-corrected chi connectivity index (χ1v) is 7.91. The lowest BCUT2D eigenvalue weighted by molar-refractivity contribution is -0.921. The molecule has 0 bridgehead atoms. The Hall–Kier alpha value is -1.42. The highest BCUT2D eigenvalue weighted by Crippen LogP contribution is 2.19. The van der Waals surface area contributed by atoms with Crippen LogP contribution < -0.4 is 4.90 Å². The van der Waals surface area contributed by atoms with Crippen LogP contribution in [0.1, 0.15) is 65.7 Å². The number of carbonyl (C=O) groups excluding carboxylic acids is 2. The number of hydrogen-bond acceptors (Lipinski definition) is 2. The maximum Gasteiger partial charge on any atom is 0.235 e. The van der Waals surface area contributed by atoms with Gasteiger partial charge in [0.15, 0.2) is 5.78 Å². The zero-order valence-corrected chi connectivity index (χ0v) is 13.8. The Bertz CT molecular complexity index is 559. The van der Waals surface area contributed by atoms with E-state index in [0.29, 0.717) is 17.2 Å². The molecule has 1 aromatic heterocycles. The molecule has 4 nitrogen and oxygen atoms in total. The Morgan fingerprint density at radius 3 is 2.52 bits per heavy atom. The molecule has 1 unspecified atom stereocenters. The van der Waals surface area contributed by atoms with Crippen LogP contribution in [0.5, 0.6) is 0 Å². The van der Waals surface area contributed by atoms with Gasteiger partial charge in [-0.15, -0.1) is 0 Å². The van der Waals surface area contributed by atoms with E-state index in [9.17, 15) is 9.59 Å². The first kappa shape index (κ1) is 16.0. The summed E-state index contributed by atoms with van der Waals surface area (Å²) in [6.07, 6.45) is 2.45. The van der Waals surface area contributed by atoms with Gasteiger partial charge in [-0.25, -0.2) is 0 Å². The third-order valence-electron chi connectivity index (χ3n) is 4.85. The average molecular weight is 291 g/mol. The molecule has 2 rings (SSSR count). The zero-order chi connectivity index (χ0) is 15.7. The largest absolute Gasteiger partial charge is 0.355 e. The predicted molar refractivity (Wildman–Crippen MR) is 83.2 cm³/mol. The molecular formula is C17H27N2O2+. The summed E-state index contributed by atoms with van der Waals surface area (Å²) in [5.41, 5.74) is 2.90. The van der Waals surface area contributed by atoms with Crippen molar-refractivity contribution in [3.8, 4) is 0 Å². The van der Waals surface area contributed by atoms with Gasteiger partial charge in [0.1, 0.15) is 6.04 Å². The minimum absolute atomic E-state index is 0.0203. The second-order valence-corrected chi connectivity index (χ2v) is 6.63. The van der Waals surface area contributed by atoms with Crippen LogP contribution in [-0.4, -0.2) is 35.7 Å². The van der Waals surface area contributed by atoms with E-state index in [1.807, 2.05) is 20.8 Å². The standard InChI is InChI=1S/C17H26N2O2/c1-10-7-6-8-19(9-10)13(4)17(21)16-11(2)15(14(5)20)12(3)18-16/h10,13,18H,6-9H2,1-5H3/p+1/t10-,13+/m0/s1. The molecule has 2 N–H and O–H groups in total. The fraction of sp³-hybridized carbons (Fsp3) is 0.647. The topological polar surface area (TPSA) is 54.4 Å². The maximum atomic E-state index is 12.8. The molecular weight excluding hydrogens is 264 g/mol. The summed E-state index contributed by atoms with van der Waals surface area (Å²) in [7, 11) is 0. The molecule has 4 heteroatoms. The number of aromatic nitrogens is 1. The Morgan fingerprint density at radius 1 is 1.33 bits per heavy atom. The van der Waals surface area contributed by atoms with Gasteiger partial charge in [0, 0.05) is 17.2 Å². The summed E-state index contributed by atoms with van der Waals surface area (Å²) in [6.45, 7) is 11.7. The van der Waals surface area contributed by atoms with Crippen molar-refractivity contribution >= 4 is 11.6 Å². The highest BCUT2D eigenvalue weighted by molar-refractivity contribution is 6.04. The number of carbonyl (C=O) groups is 2. The molecule has 1 saturated heterocycles. The molecule has 0 spiro atoms. The fourth-order valence-electron chi connectivity index (χ4n) is 3.65. The predicted octanol–water partition coefficient (Wildman–Crippen LogP) is 1.72. The highest BCUT2D eigenvalue weighted by atomic mass is 16.1. The molecule has 0 saturated carbocycles. The van der Waals surface area contributed by atoms with Crippen LogP contribution in [0.2, 0.25) is 0 Å². The fourth-order valence-corrected chi connectivity index (χ4v) is 3.65. The zero-order valence-electron chi connectivity index (χ0n) is 13.8. The summed E-state index contributed by atoms with van der Waals surface area (Å²) in [4.78, 5) is 29.0. The lowest BCUT2D eigenvalue weighted by Crippen LogP contribution is -3.17. The lowest BCUT2D eigenvalue weighted by Gasteiger charge is -2.31. The molecule has 1 aromatic rings. The average Bonchev–Trinajstić information content (AvgIpc) is 2.72. The molecule has 116 valence electrons. The number of aryl methyl sites for hydroxylation is 1. The second kappa shape index (κ2) is 6.14. The molecule has 0 radical (unpaired) electrons. The van der Waals surface area contributed by atoms with Crippen molar-refractivity contribution in [2.24, 2.45) is 5.92 Å². The van der Waals surface area contributed by atoms with Crippen LogP contribution in [0.3, 0.4) is 0 Å². The Balaban J connectivity index is 2.23. The summed E-state index contributed by atoms with van der Waals surface area (Å²) < 4.78 is 0. The van der Waals surface area contributed by atoms with Crippen molar-refractivity contribution in [2.45, 2.75) is 53.5 Å². The number of rotatable bonds is 4. The smallest absolute Gasteiger partial charge is 0.235 e. The van der Waals surface area contributed by atoms with Gasteiger partial charge in [0.05, 0.1) is 18.8 Å². The first-order valence-electron chi connectivity index (χ1n) is 7.91. The van der Waals surface area contributed by atoms with E-state index in [2.05, 4.69) is 11.9 Å². The van der Waals surface area contributed by atoms with Crippen LogP contribution in [0.25, 0.3) is 0 Å². The molecule has 1 aliphatic heterocycles. The van der Waals surface area contributed by atoms with E-state index in [4.69, 9.17) is 0 Å². The number of hydrogen-bond donors (Lipinski definition) is 2. The van der Waals surface area contributed by atoms with Crippen LogP contribution in [-0.2, 0) is 0 Å². The Morgan fingerprint density at radius 2 is 2.00 bits per heavy atom. The number of H-pyrrole nitrogens is 1. The number of piperidine rings is 1. The third kappa shape index (κ3) is 3.10. The van der Waals surface area contributed by atoms with Gasteiger partial charge in [-0.2, -0.15) is 0 Å². The first-order chi connectivity index (χ1) is 9.82. The monoisotopic (exact) mass is 291 g/mol. The van der Waals surface area contributed by atoms with Crippen LogP contribution in [0.4, 0.5) is 0 Å². The maximum absolute atomic E-state index is 12.8. The van der Waals surface area contributed by atoms with Gasteiger partial charge < -0.3 is 9.88 Å². The third-order valence-corrected chi connectivity index (χ3v) is 4.85. The number of aromatic amines is 1. The molecule has 3 atom stereocenters. The minimum Gasteiger partial charge on any atom is -0.355 e. The molecule has 21 heavy (non-hydrogen) atoms. The molecule has 0 aromatic carbocycles. The van der Waals surface area contributed by atoms with Gasteiger partial charge in [-0.1, -0.05) is 6.92 Å². The van der Waals surface area contributed by atoms with E-state index < -0.39 is 0 Å². The van der Waals surface area contributed by atoms with E-state index in [1.165, 1.54) is 17.7 Å². The van der Waals surface area contributed by atoms with E-state index >= 15 is 0 Å². The van der Waals surface area contributed by atoms with Crippen molar-refractivity contribution in [2.75, 3.05) is 13.1 Å². The number of quaternary nitrogens is 1. The number of Topliss-reactive ketones (excluding diaryl/α,β-unsaturated/α-hetero) is 2. The van der Waals surface area contributed by atoms with Crippen molar-refractivity contribution < 1.29 is 14.5 Å². The van der Waals surface area contributed by atoms with E-state index in [-0.39, 0.29) is 17.6 Å². The number of likely N-dealkylation sites (tertiary alicyclic amines) is 1. The highest BCUT2D eigenvalue weighted by Gasteiger charge is 2.32. The molecule has 1 fully saturated rings. The summed E-state index contributed by atoms with van der Waals surface area (Å²) in [6, 6.07) is -0.0516.